The molecule has 4 aromatic rings. The van der Waals surface area contributed by atoms with Crippen molar-refractivity contribution in [2.24, 2.45) is 0 Å². The summed E-state index contributed by atoms with van der Waals surface area (Å²) in [6.07, 6.45) is 3.55. The molecule has 194 valence electrons. The smallest absolute Gasteiger partial charge is 0.349 e. The Bertz CT molecular complexity index is 1470. The lowest BCUT2D eigenvalue weighted by Crippen LogP contribution is -2.29. The van der Waals surface area contributed by atoms with E-state index in [1.807, 2.05) is 54.6 Å². The topological polar surface area (TPSA) is 104 Å². The van der Waals surface area contributed by atoms with E-state index in [9.17, 15) is 14.4 Å². The molecule has 4 rings (SSSR count). The maximum absolute atomic E-state index is 12.3. The van der Waals surface area contributed by atoms with Crippen LogP contribution in [0.3, 0.4) is 0 Å². The summed E-state index contributed by atoms with van der Waals surface area (Å²) in [5.74, 6) is -0.189. The van der Waals surface area contributed by atoms with E-state index in [0.29, 0.717) is 31.6 Å². The molecule has 0 saturated carbocycles. The van der Waals surface area contributed by atoms with Crippen LogP contribution < -0.4 is 20.4 Å². The van der Waals surface area contributed by atoms with Gasteiger partial charge in [-0.2, -0.15) is 0 Å². The van der Waals surface area contributed by atoms with E-state index in [4.69, 9.17) is 18.6 Å². The first kappa shape index (κ1) is 26.4. The van der Waals surface area contributed by atoms with Crippen molar-refractivity contribution < 1.29 is 28.2 Å². The van der Waals surface area contributed by atoms with E-state index in [1.165, 1.54) is 18.2 Å². The van der Waals surface area contributed by atoms with Gasteiger partial charge in [0.2, 0.25) is 0 Å². The predicted molar refractivity (Wildman–Crippen MR) is 143 cm³/mol. The number of methoxy groups -OCH3 is 1. The third kappa shape index (κ3) is 7.41. The minimum Gasteiger partial charge on any atom is -0.489 e. The van der Waals surface area contributed by atoms with Gasteiger partial charge in [-0.3, -0.25) is 4.79 Å². The summed E-state index contributed by atoms with van der Waals surface area (Å²) in [4.78, 5) is 36.9. The van der Waals surface area contributed by atoms with Gasteiger partial charge in [0.25, 0.3) is 5.91 Å². The molecule has 1 N–H and O–H groups in total. The van der Waals surface area contributed by atoms with E-state index in [0.717, 1.165) is 16.9 Å². The van der Waals surface area contributed by atoms with E-state index in [2.05, 4.69) is 5.32 Å². The summed E-state index contributed by atoms with van der Waals surface area (Å²) in [5.41, 5.74) is 1.20. The molecule has 0 aliphatic heterocycles. The predicted octanol–water partition coefficient (Wildman–Crippen LogP) is 4.76. The molecule has 0 fully saturated rings. The minimum absolute atomic E-state index is 0.0981. The standard InChI is InChI=1S/C30H27NO7/c1-35-17-5-16-31-29(33)26-18-23-11-14-25(19-27(23)38-30(26)34)37-28(32)15-10-21-8-12-24(13-9-21)36-20-22-6-3-2-4-7-22/h2-4,6-15,18-19H,5,16-17,20H2,1H3,(H,31,33)/b15-10+. The molecule has 8 heteroatoms. The fourth-order valence-corrected chi connectivity index (χ4v) is 3.56. The van der Waals surface area contributed by atoms with Crippen LogP contribution >= 0.6 is 0 Å². The van der Waals surface area contributed by atoms with Crippen molar-refractivity contribution in [1.82, 2.24) is 5.32 Å². The van der Waals surface area contributed by atoms with Gasteiger partial charge >= 0.3 is 11.6 Å². The van der Waals surface area contributed by atoms with Gasteiger partial charge < -0.3 is 23.9 Å². The monoisotopic (exact) mass is 513 g/mol. The zero-order valence-electron chi connectivity index (χ0n) is 20.8. The van der Waals surface area contributed by atoms with Crippen LogP contribution in [-0.4, -0.2) is 32.1 Å². The fraction of sp³-hybridized carbons (Fsp3) is 0.167. The summed E-state index contributed by atoms with van der Waals surface area (Å²) in [6, 6.07) is 23.2. The van der Waals surface area contributed by atoms with Crippen LogP contribution in [-0.2, 0) is 16.1 Å². The first-order valence-electron chi connectivity index (χ1n) is 12.0. The van der Waals surface area contributed by atoms with Gasteiger partial charge in [0.05, 0.1) is 0 Å². The van der Waals surface area contributed by atoms with Gasteiger partial charge in [-0.25, -0.2) is 9.59 Å². The first-order valence-corrected chi connectivity index (χ1v) is 12.0. The number of hydrogen-bond donors (Lipinski definition) is 1. The lowest BCUT2D eigenvalue weighted by atomic mass is 10.1. The molecular weight excluding hydrogens is 486 g/mol. The molecular formula is C30H27NO7. The van der Waals surface area contributed by atoms with Gasteiger partial charge in [-0.05, 0) is 54.0 Å². The molecule has 3 aromatic carbocycles. The number of benzene rings is 3. The molecule has 0 aliphatic rings. The normalized spacial score (nSPS) is 11.0. The van der Waals surface area contributed by atoms with Crippen molar-refractivity contribution in [2.45, 2.75) is 13.0 Å². The number of amides is 1. The number of hydrogen-bond acceptors (Lipinski definition) is 7. The zero-order valence-corrected chi connectivity index (χ0v) is 20.8. The molecule has 38 heavy (non-hydrogen) atoms. The molecule has 1 amide bonds. The Labute approximate surface area is 219 Å². The lowest BCUT2D eigenvalue weighted by molar-refractivity contribution is -0.128. The van der Waals surface area contributed by atoms with E-state index in [-0.39, 0.29) is 16.9 Å². The van der Waals surface area contributed by atoms with Crippen LogP contribution in [0.2, 0.25) is 0 Å². The van der Waals surface area contributed by atoms with Gasteiger partial charge in [0, 0.05) is 37.8 Å². The lowest BCUT2D eigenvalue weighted by Gasteiger charge is -2.07. The number of carbonyl (C=O) groups excluding carboxylic acids is 2. The Morgan fingerprint density at radius 3 is 2.47 bits per heavy atom. The van der Waals surface area contributed by atoms with Crippen molar-refractivity contribution in [2.75, 3.05) is 20.3 Å². The number of ether oxygens (including phenoxy) is 3. The van der Waals surface area contributed by atoms with Crippen LogP contribution in [0, 0.1) is 0 Å². The molecule has 0 radical (unpaired) electrons. The highest BCUT2D eigenvalue weighted by molar-refractivity contribution is 5.97. The Hall–Kier alpha value is -4.69. The number of carbonyl (C=O) groups is 2. The molecule has 0 saturated heterocycles. The van der Waals surface area contributed by atoms with E-state index >= 15 is 0 Å². The number of rotatable bonds is 11. The number of esters is 1. The largest absolute Gasteiger partial charge is 0.489 e. The molecule has 0 unspecified atom stereocenters. The zero-order chi connectivity index (χ0) is 26.7. The fourth-order valence-electron chi connectivity index (χ4n) is 3.56. The van der Waals surface area contributed by atoms with Crippen molar-refractivity contribution >= 4 is 28.9 Å². The summed E-state index contributed by atoms with van der Waals surface area (Å²) < 4.78 is 21.3. The van der Waals surface area contributed by atoms with Crippen molar-refractivity contribution in [3.63, 3.8) is 0 Å². The number of fused-ring (bicyclic) bond motifs is 1. The van der Waals surface area contributed by atoms with Crippen LogP contribution in [0.5, 0.6) is 11.5 Å². The molecule has 1 heterocycles. The molecule has 0 spiro atoms. The Morgan fingerprint density at radius 1 is 0.947 bits per heavy atom. The molecule has 1 aromatic heterocycles. The average molecular weight is 514 g/mol. The third-order valence-electron chi connectivity index (χ3n) is 5.52. The summed E-state index contributed by atoms with van der Waals surface area (Å²) >= 11 is 0. The van der Waals surface area contributed by atoms with Crippen molar-refractivity contribution in [1.29, 1.82) is 0 Å². The molecule has 0 aliphatic carbocycles. The summed E-state index contributed by atoms with van der Waals surface area (Å²) in [7, 11) is 1.57. The third-order valence-corrected chi connectivity index (χ3v) is 5.52. The second-order valence-electron chi connectivity index (χ2n) is 8.35. The molecule has 0 bridgehead atoms. The highest BCUT2D eigenvalue weighted by Crippen LogP contribution is 2.21. The maximum Gasteiger partial charge on any atom is 0.349 e. The SMILES string of the molecule is COCCCNC(=O)c1cc2ccc(OC(=O)/C=C/c3ccc(OCc4ccccc4)cc3)cc2oc1=O. The molecule has 8 nitrogen and oxygen atoms in total. The van der Waals surface area contributed by atoms with Crippen LogP contribution in [0.1, 0.15) is 27.9 Å². The summed E-state index contributed by atoms with van der Waals surface area (Å²) in [5, 5.41) is 3.18. The maximum atomic E-state index is 12.3. The quantitative estimate of drug-likeness (QED) is 0.101. The van der Waals surface area contributed by atoms with Crippen LogP contribution in [0.4, 0.5) is 0 Å². The van der Waals surface area contributed by atoms with Gasteiger partial charge in [0.1, 0.15) is 29.3 Å². The number of nitrogens with one attached hydrogen (secondary N) is 1. The van der Waals surface area contributed by atoms with Gasteiger partial charge in [-0.15, -0.1) is 0 Å². The van der Waals surface area contributed by atoms with Crippen molar-refractivity contribution in [3.8, 4) is 11.5 Å². The first-order chi connectivity index (χ1) is 18.5. The van der Waals surface area contributed by atoms with Gasteiger partial charge in [0.15, 0.2) is 0 Å². The second kappa shape index (κ2) is 13.0. The van der Waals surface area contributed by atoms with Gasteiger partial charge in [-0.1, -0.05) is 42.5 Å². The minimum atomic E-state index is -0.777. The average Bonchev–Trinajstić information content (AvgIpc) is 2.93. The van der Waals surface area contributed by atoms with E-state index in [1.54, 1.807) is 25.3 Å². The Kier molecular flexibility index (Phi) is 9.04. The molecule has 0 atom stereocenters. The van der Waals surface area contributed by atoms with Crippen LogP contribution in [0.25, 0.3) is 17.0 Å². The van der Waals surface area contributed by atoms with Crippen LogP contribution in [0.15, 0.2) is 94.2 Å². The Morgan fingerprint density at radius 2 is 1.71 bits per heavy atom. The second-order valence-corrected chi connectivity index (χ2v) is 8.35. The Balaban J connectivity index is 1.33. The highest BCUT2D eigenvalue weighted by atomic mass is 16.5. The van der Waals surface area contributed by atoms with E-state index < -0.39 is 17.5 Å². The van der Waals surface area contributed by atoms with Crippen molar-refractivity contribution in [3.05, 3.63) is 112 Å². The summed E-state index contributed by atoms with van der Waals surface area (Å²) in [6.45, 7) is 1.34. The highest BCUT2D eigenvalue weighted by Gasteiger charge is 2.14.